The van der Waals surface area contributed by atoms with Crippen LogP contribution >= 0.6 is 11.6 Å². The van der Waals surface area contributed by atoms with E-state index in [1.165, 1.54) is 11.6 Å². The van der Waals surface area contributed by atoms with Crippen LogP contribution in [0.4, 0.5) is 4.39 Å². The lowest BCUT2D eigenvalue weighted by molar-refractivity contribution is -0.124. The van der Waals surface area contributed by atoms with Crippen LogP contribution in [0, 0.1) is 23.6 Å². The number of hydrogen-bond donors (Lipinski definition) is 1. The van der Waals surface area contributed by atoms with E-state index < -0.39 is 5.54 Å². The second kappa shape index (κ2) is 8.20. The summed E-state index contributed by atoms with van der Waals surface area (Å²) in [5.74, 6) is 1.51. The number of carbonyl (C=O) groups is 1. The molecule has 2 N–H and O–H groups in total. The molecule has 5 rings (SSSR count). The second-order valence-corrected chi connectivity index (χ2v) is 10.2. The number of nitrogens with zero attached hydrogens (tertiary/aromatic N) is 2. The van der Waals surface area contributed by atoms with E-state index in [1.807, 2.05) is 25.3 Å². The Hall–Kier alpha value is -2.37. The Kier molecular flexibility index (Phi) is 5.50. The van der Waals surface area contributed by atoms with Gasteiger partial charge in [-0.1, -0.05) is 17.7 Å². The summed E-state index contributed by atoms with van der Waals surface area (Å²) in [5, 5.41) is 1.34. The quantitative estimate of drug-likeness (QED) is 0.522. The van der Waals surface area contributed by atoms with Crippen LogP contribution < -0.4 is 5.73 Å². The lowest BCUT2D eigenvalue weighted by Crippen LogP contribution is -2.51. The van der Waals surface area contributed by atoms with Crippen LogP contribution in [-0.4, -0.2) is 21.3 Å². The third-order valence-corrected chi connectivity index (χ3v) is 8.02. The van der Waals surface area contributed by atoms with Crippen LogP contribution in [0.5, 0.6) is 0 Å². The fourth-order valence-corrected chi connectivity index (χ4v) is 6.08. The molecule has 3 aromatic rings. The zero-order valence-electron chi connectivity index (χ0n) is 18.1. The van der Waals surface area contributed by atoms with Gasteiger partial charge in [-0.05, 0) is 97.7 Å². The van der Waals surface area contributed by atoms with E-state index in [0.717, 1.165) is 42.1 Å². The average molecular weight is 452 g/mol. The minimum absolute atomic E-state index is 0.0544. The van der Waals surface area contributed by atoms with Crippen LogP contribution in [0.1, 0.15) is 49.7 Å². The number of aromatic nitrogens is 2. The Bertz CT molecular complexity index is 1150. The van der Waals surface area contributed by atoms with E-state index in [-0.39, 0.29) is 23.9 Å². The molecule has 166 valence electrons. The van der Waals surface area contributed by atoms with Gasteiger partial charge in [-0.15, -0.1) is 0 Å². The van der Waals surface area contributed by atoms with Gasteiger partial charge in [0.15, 0.2) is 5.78 Å². The first-order valence-corrected chi connectivity index (χ1v) is 11.7. The molecule has 2 aliphatic carbocycles. The SMILES string of the molecule is CC(N)(C(=O)Cc1ccc(Cl)nc1)C1C[C@H]2CC(c3ccnc4ccc(F)cc34)C[C@H]2C1. The molecule has 0 radical (unpaired) electrons. The third kappa shape index (κ3) is 3.93. The van der Waals surface area contributed by atoms with Gasteiger partial charge in [0.1, 0.15) is 11.0 Å². The van der Waals surface area contributed by atoms with Crippen molar-refractivity contribution in [1.29, 1.82) is 0 Å². The summed E-state index contributed by atoms with van der Waals surface area (Å²) in [7, 11) is 0. The van der Waals surface area contributed by atoms with Gasteiger partial charge in [0.25, 0.3) is 0 Å². The number of carbonyl (C=O) groups excluding carboxylic acids is 1. The molecule has 2 heterocycles. The molecule has 1 aromatic carbocycles. The van der Waals surface area contributed by atoms with Crippen LogP contribution in [0.25, 0.3) is 10.9 Å². The van der Waals surface area contributed by atoms with E-state index in [9.17, 15) is 9.18 Å². The lowest BCUT2D eigenvalue weighted by atomic mass is 9.77. The molecule has 0 spiro atoms. The van der Waals surface area contributed by atoms with Gasteiger partial charge >= 0.3 is 0 Å². The first-order chi connectivity index (χ1) is 15.3. The predicted molar refractivity (Wildman–Crippen MR) is 124 cm³/mol. The van der Waals surface area contributed by atoms with Gasteiger partial charge in [0.2, 0.25) is 0 Å². The normalized spacial score (nSPS) is 26.8. The van der Waals surface area contributed by atoms with Crippen molar-refractivity contribution in [3.63, 3.8) is 0 Å². The number of pyridine rings is 2. The zero-order valence-corrected chi connectivity index (χ0v) is 18.9. The van der Waals surface area contributed by atoms with Crippen LogP contribution in [0.2, 0.25) is 5.15 Å². The fourth-order valence-electron chi connectivity index (χ4n) is 5.97. The third-order valence-electron chi connectivity index (χ3n) is 7.80. The van der Waals surface area contributed by atoms with Crippen molar-refractivity contribution in [2.45, 2.75) is 50.5 Å². The smallest absolute Gasteiger partial charge is 0.157 e. The molecule has 4 nitrogen and oxygen atoms in total. The van der Waals surface area contributed by atoms with Crippen molar-refractivity contribution in [2.24, 2.45) is 23.5 Å². The molecule has 2 saturated carbocycles. The molecule has 5 atom stereocenters. The minimum Gasteiger partial charge on any atom is -0.319 e. The summed E-state index contributed by atoms with van der Waals surface area (Å²) in [4.78, 5) is 21.5. The average Bonchev–Trinajstić information content (AvgIpc) is 3.34. The van der Waals surface area contributed by atoms with E-state index in [1.54, 1.807) is 24.4 Å². The lowest BCUT2D eigenvalue weighted by Gasteiger charge is -2.31. The van der Waals surface area contributed by atoms with Crippen molar-refractivity contribution in [1.82, 2.24) is 9.97 Å². The van der Waals surface area contributed by atoms with E-state index >= 15 is 0 Å². The summed E-state index contributed by atoms with van der Waals surface area (Å²) < 4.78 is 13.9. The molecule has 2 aliphatic rings. The fraction of sp³-hybridized carbons (Fsp3) is 0.423. The standard InChI is InChI=1S/C26H27ClFN3O/c1-26(29,24(32)8-15-2-5-25(27)31-14-15)19-11-16-9-18(10-17(16)12-19)21-6-7-30-23-4-3-20(28)13-22(21)23/h2-7,13-14,16-19H,8-12,29H2,1H3/t16-,17+,18?,19?,26?. The Morgan fingerprint density at radius 1 is 1.12 bits per heavy atom. The highest BCUT2D eigenvalue weighted by atomic mass is 35.5. The maximum atomic E-state index is 13.9. The number of fused-ring (bicyclic) bond motifs is 2. The van der Waals surface area contributed by atoms with Gasteiger partial charge in [-0.25, -0.2) is 9.37 Å². The molecule has 0 amide bonds. The summed E-state index contributed by atoms with van der Waals surface area (Å²) in [5.41, 5.74) is 8.66. The molecule has 3 unspecified atom stereocenters. The Balaban J connectivity index is 1.28. The van der Waals surface area contributed by atoms with Crippen molar-refractivity contribution in [3.8, 4) is 0 Å². The number of Topliss-reactive ketones (excluding diaryl/α,β-unsaturated/α-hetero) is 1. The summed E-state index contributed by atoms with van der Waals surface area (Å²) >= 11 is 5.85. The highest BCUT2D eigenvalue weighted by Crippen LogP contribution is 2.55. The molecule has 6 heteroatoms. The summed E-state index contributed by atoms with van der Waals surface area (Å²) in [6.45, 7) is 1.89. The number of benzene rings is 1. The number of ketones is 1. The molecule has 0 bridgehead atoms. The van der Waals surface area contributed by atoms with Gasteiger partial charge in [0, 0.05) is 24.2 Å². The van der Waals surface area contributed by atoms with Crippen LogP contribution in [0.15, 0.2) is 48.8 Å². The maximum Gasteiger partial charge on any atom is 0.157 e. The van der Waals surface area contributed by atoms with E-state index in [4.69, 9.17) is 17.3 Å². The van der Waals surface area contributed by atoms with Gasteiger partial charge in [-0.2, -0.15) is 0 Å². The number of hydrogen-bond acceptors (Lipinski definition) is 4. The van der Waals surface area contributed by atoms with Gasteiger partial charge < -0.3 is 5.73 Å². The Labute approximate surface area is 192 Å². The first-order valence-electron chi connectivity index (χ1n) is 11.3. The summed E-state index contributed by atoms with van der Waals surface area (Å²) in [6, 6.07) is 10.4. The summed E-state index contributed by atoms with van der Waals surface area (Å²) in [6.07, 6.45) is 7.80. The zero-order chi connectivity index (χ0) is 22.5. The molecule has 0 saturated heterocycles. The van der Waals surface area contributed by atoms with Crippen molar-refractivity contribution >= 4 is 28.3 Å². The maximum absolute atomic E-state index is 13.9. The van der Waals surface area contributed by atoms with Crippen LogP contribution in [-0.2, 0) is 11.2 Å². The van der Waals surface area contributed by atoms with Crippen molar-refractivity contribution in [2.75, 3.05) is 0 Å². The Morgan fingerprint density at radius 2 is 1.88 bits per heavy atom. The molecule has 0 aliphatic heterocycles. The van der Waals surface area contributed by atoms with E-state index in [2.05, 4.69) is 9.97 Å². The molecule has 2 fully saturated rings. The molecular formula is C26H27ClFN3O. The first kappa shape index (κ1) is 21.5. The number of halogens is 2. The number of nitrogens with two attached hydrogens (primary N) is 1. The van der Waals surface area contributed by atoms with Gasteiger partial charge in [0.05, 0.1) is 11.1 Å². The Morgan fingerprint density at radius 3 is 2.56 bits per heavy atom. The monoisotopic (exact) mass is 451 g/mol. The van der Waals surface area contributed by atoms with Crippen molar-refractivity contribution < 1.29 is 9.18 Å². The van der Waals surface area contributed by atoms with Crippen LogP contribution in [0.3, 0.4) is 0 Å². The van der Waals surface area contributed by atoms with Gasteiger partial charge in [-0.3, -0.25) is 9.78 Å². The largest absolute Gasteiger partial charge is 0.319 e. The van der Waals surface area contributed by atoms with E-state index in [0.29, 0.717) is 22.9 Å². The molecule has 32 heavy (non-hydrogen) atoms. The predicted octanol–water partition coefficient (Wildman–Crippen LogP) is 5.47. The van der Waals surface area contributed by atoms with Crippen molar-refractivity contribution in [3.05, 3.63) is 70.9 Å². The number of rotatable bonds is 5. The second-order valence-electron chi connectivity index (χ2n) is 9.79. The minimum atomic E-state index is -0.855. The highest BCUT2D eigenvalue weighted by molar-refractivity contribution is 6.29. The highest BCUT2D eigenvalue weighted by Gasteiger charge is 2.49. The molecular weight excluding hydrogens is 425 g/mol. The topological polar surface area (TPSA) is 68.9 Å². The molecule has 2 aromatic heterocycles.